The van der Waals surface area contributed by atoms with Crippen molar-refractivity contribution in [1.82, 2.24) is 9.88 Å². The van der Waals surface area contributed by atoms with Crippen molar-refractivity contribution in [2.24, 2.45) is 0 Å². The lowest BCUT2D eigenvalue weighted by molar-refractivity contribution is -0.123. The van der Waals surface area contributed by atoms with Crippen LogP contribution in [0, 0.1) is 0 Å². The Morgan fingerprint density at radius 2 is 2.04 bits per heavy atom. The maximum Gasteiger partial charge on any atom is 0.293 e. The number of nitrogens with one attached hydrogen (secondary N) is 1. The molecule has 1 fully saturated rings. The Bertz CT molecular complexity index is 851. The number of hydrogen-bond donors (Lipinski definition) is 1. The molecule has 1 aliphatic rings. The molecule has 9 heteroatoms. The second-order valence-electron chi connectivity index (χ2n) is 5.37. The lowest BCUT2D eigenvalue weighted by Crippen LogP contribution is -2.29. The van der Waals surface area contributed by atoms with Gasteiger partial charge in [-0.25, -0.2) is 4.98 Å². The summed E-state index contributed by atoms with van der Waals surface area (Å²) in [6.45, 7) is 0.202. The summed E-state index contributed by atoms with van der Waals surface area (Å²) in [7, 11) is 0. The summed E-state index contributed by atoms with van der Waals surface area (Å²) in [5.74, 6) is -0.529. The molecule has 2 heterocycles. The number of halogens is 1. The summed E-state index contributed by atoms with van der Waals surface area (Å²) in [6.07, 6.45) is 3.87. The smallest absolute Gasteiger partial charge is 0.293 e. The highest BCUT2D eigenvalue weighted by Crippen LogP contribution is 2.32. The number of aromatic nitrogens is 1. The normalized spacial score (nSPS) is 15.7. The van der Waals surface area contributed by atoms with Crippen molar-refractivity contribution in [3.05, 3.63) is 51.3 Å². The average Bonchev–Trinajstić information content (AvgIpc) is 3.20. The van der Waals surface area contributed by atoms with E-state index in [0.29, 0.717) is 21.5 Å². The molecule has 0 bridgehead atoms. The van der Waals surface area contributed by atoms with E-state index in [1.807, 2.05) is 0 Å². The van der Waals surface area contributed by atoms with E-state index >= 15 is 0 Å². The van der Waals surface area contributed by atoms with E-state index in [4.69, 9.17) is 11.6 Å². The van der Waals surface area contributed by atoms with Gasteiger partial charge in [0.15, 0.2) is 5.13 Å². The molecule has 26 heavy (non-hydrogen) atoms. The molecule has 0 unspecified atom stereocenters. The zero-order valence-electron chi connectivity index (χ0n) is 13.5. The van der Waals surface area contributed by atoms with E-state index in [2.05, 4.69) is 10.3 Å². The van der Waals surface area contributed by atoms with Crippen molar-refractivity contribution < 1.29 is 14.4 Å². The van der Waals surface area contributed by atoms with Crippen LogP contribution in [0.25, 0.3) is 6.08 Å². The molecule has 134 valence electrons. The Kier molecular flexibility index (Phi) is 6.08. The lowest BCUT2D eigenvalue weighted by Gasteiger charge is -2.11. The van der Waals surface area contributed by atoms with Crippen molar-refractivity contribution in [2.45, 2.75) is 12.8 Å². The van der Waals surface area contributed by atoms with Crippen molar-refractivity contribution in [2.75, 3.05) is 11.9 Å². The minimum atomic E-state index is -0.338. The molecule has 1 aromatic heterocycles. The number of thioether (sulfide) groups is 1. The van der Waals surface area contributed by atoms with Crippen molar-refractivity contribution in [1.29, 1.82) is 0 Å². The van der Waals surface area contributed by atoms with E-state index in [0.717, 1.165) is 17.3 Å². The van der Waals surface area contributed by atoms with Crippen LogP contribution >= 0.6 is 34.7 Å². The van der Waals surface area contributed by atoms with Gasteiger partial charge in [-0.05, 0) is 42.0 Å². The number of nitrogens with zero attached hydrogens (tertiary/aromatic N) is 2. The highest BCUT2D eigenvalue weighted by Gasteiger charge is 2.34. The van der Waals surface area contributed by atoms with Crippen molar-refractivity contribution in [3.63, 3.8) is 0 Å². The number of thiazole rings is 1. The fraction of sp³-hybridized carbons (Fsp3) is 0.176. The highest BCUT2D eigenvalue weighted by atomic mass is 35.5. The lowest BCUT2D eigenvalue weighted by atomic mass is 10.2. The van der Waals surface area contributed by atoms with Crippen LogP contribution in [0.4, 0.5) is 9.93 Å². The minimum absolute atomic E-state index is 0.191. The second kappa shape index (κ2) is 8.48. The summed E-state index contributed by atoms with van der Waals surface area (Å²) < 4.78 is 0. The standard InChI is InChI=1S/C17H14ClN3O3S2/c18-12-5-3-11(4-6-12)10-13-15(23)21(17(24)26-13)8-1-2-14(22)20-16-19-7-9-25-16/h3-7,9-10H,1-2,8H2,(H,19,20,22)/b13-10-. The number of amides is 3. The Hall–Kier alpha value is -2.16. The van der Waals surface area contributed by atoms with Crippen LogP contribution in [0.2, 0.25) is 5.02 Å². The number of imide groups is 1. The zero-order chi connectivity index (χ0) is 18.5. The number of anilines is 1. The van der Waals surface area contributed by atoms with Crippen molar-refractivity contribution >= 4 is 63.0 Å². The predicted molar refractivity (Wildman–Crippen MR) is 104 cm³/mol. The summed E-state index contributed by atoms with van der Waals surface area (Å²) in [5, 5.41) is 5.25. The van der Waals surface area contributed by atoms with Gasteiger partial charge >= 0.3 is 0 Å². The van der Waals surface area contributed by atoms with Gasteiger partial charge in [0.25, 0.3) is 11.1 Å². The van der Waals surface area contributed by atoms with Gasteiger partial charge in [-0.2, -0.15) is 0 Å². The van der Waals surface area contributed by atoms with Crippen LogP contribution < -0.4 is 5.32 Å². The molecule has 0 spiro atoms. The molecule has 3 amide bonds. The Balaban J connectivity index is 1.54. The van der Waals surface area contributed by atoms with E-state index in [9.17, 15) is 14.4 Å². The summed E-state index contributed by atoms with van der Waals surface area (Å²) in [5.41, 5.74) is 0.794. The van der Waals surface area contributed by atoms with Crippen molar-refractivity contribution in [3.8, 4) is 0 Å². The topological polar surface area (TPSA) is 79.4 Å². The molecule has 1 aliphatic heterocycles. The second-order valence-corrected chi connectivity index (χ2v) is 7.70. The molecule has 0 atom stereocenters. The predicted octanol–water partition coefficient (Wildman–Crippen LogP) is 4.25. The highest BCUT2D eigenvalue weighted by molar-refractivity contribution is 8.18. The summed E-state index contributed by atoms with van der Waals surface area (Å²) in [6, 6.07) is 7.00. The van der Waals surface area contributed by atoms with Crippen LogP contribution in [0.15, 0.2) is 40.7 Å². The maximum absolute atomic E-state index is 12.4. The number of carbonyl (C=O) groups excluding carboxylic acids is 3. The first-order valence-electron chi connectivity index (χ1n) is 7.73. The first-order chi connectivity index (χ1) is 12.5. The van der Waals surface area contributed by atoms with Crippen LogP contribution in [0.3, 0.4) is 0 Å². The van der Waals surface area contributed by atoms with Gasteiger partial charge in [0.05, 0.1) is 4.91 Å². The fourth-order valence-electron chi connectivity index (χ4n) is 2.27. The third-order valence-electron chi connectivity index (χ3n) is 3.51. The third kappa shape index (κ3) is 4.72. The SMILES string of the molecule is O=C(CCCN1C(=O)S/C(=C\c2ccc(Cl)cc2)C1=O)Nc1nccs1. The van der Waals surface area contributed by atoms with Gasteiger partial charge < -0.3 is 5.32 Å². The molecule has 6 nitrogen and oxygen atoms in total. The Morgan fingerprint density at radius 3 is 2.73 bits per heavy atom. The molecule has 1 aromatic carbocycles. The molecule has 1 N–H and O–H groups in total. The first-order valence-corrected chi connectivity index (χ1v) is 9.80. The van der Waals surface area contributed by atoms with Gasteiger partial charge in [0, 0.05) is 29.6 Å². The van der Waals surface area contributed by atoms with Gasteiger partial charge in [0.1, 0.15) is 0 Å². The largest absolute Gasteiger partial charge is 0.302 e. The van der Waals surface area contributed by atoms with Crippen LogP contribution in [0.5, 0.6) is 0 Å². The van der Waals surface area contributed by atoms with Gasteiger partial charge in [-0.3, -0.25) is 19.3 Å². The zero-order valence-corrected chi connectivity index (χ0v) is 15.9. The quantitative estimate of drug-likeness (QED) is 0.724. The van der Waals surface area contributed by atoms with Gasteiger partial charge in [-0.1, -0.05) is 23.7 Å². The number of hydrogen-bond acceptors (Lipinski definition) is 6. The number of benzene rings is 1. The van der Waals surface area contributed by atoms with E-state index < -0.39 is 0 Å². The molecule has 0 radical (unpaired) electrons. The third-order valence-corrected chi connectivity index (χ3v) is 5.35. The van der Waals surface area contributed by atoms with Crippen LogP contribution in [-0.4, -0.2) is 33.5 Å². The molecule has 2 aromatic rings. The monoisotopic (exact) mass is 407 g/mol. The van der Waals surface area contributed by atoms with Gasteiger partial charge in [0.2, 0.25) is 5.91 Å². The van der Waals surface area contributed by atoms with Crippen LogP contribution in [-0.2, 0) is 9.59 Å². The average molecular weight is 408 g/mol. The van der Waals surface area contributed by atoms with E-state index in [-0.39, 0.29) is 30.0 Å². The molecule has 0 aliphatic carbocycles. The molecular weight excluding hydrogens is 394 g/mol. The molecule has 0 saturated carbocycles. The van der Waals surface area contributed by atoms with E-state index in [1.165, 1.54) is 16.2 Å². The summed E-state index contributed by atoms with van der Waals surface area (Å²) >= 11 is 8.07. The Labute approximate surface area is 163 Å². The maximum atomic E-state index is 12.4. The number of rotatable bonds is 6. The first kappa shape index (κ1) is 18.6. The van der Waals surface area contributed by atoms with E-state index in [1.54, 1.807) is 41.9 Å². The molecular formula is C17H14ClN3O3S2. The summed E-state index contributed by atoms with van der Waals surface area (Å²) in [4.78, 5) is 41.8. The Morgan fingerprint density at radius 1 is 1.27 bits per heavy atom. The minimum Gasteiger partial charge on any atom is -0.302 e. The molecule has 1 saturated heterocycles. The fourth-order valence-corrected chi connectivity index (χ4v) is 3.80. The number of carbonyl (C=O) groups is 3. The van der Waals surface area contributed by atoms with Gasteiger partial charge in [-0.15, -0.1) is 11.3 Å². The van der Waals surface area contributed by atoms with Crippen LogP contribution in [0.1, 0.15) is 18.4 Å². The molecule has 3 rings (SSSR count).